The Morgan fingerprint density at radius 1 is 1.24 bits per heavy atom. The van der Waals surface area contributed by atoms with E-state index in [2.05, 4.69) is 32.1 Å². The third-order valence-corrected chi connectivity index (χ3v) is 3.55. The number of hydrogen-bond donors (Lipinski definition) is 1. The molecule has 0 spiro atoms. The zero-order chi connectivity index (χ0) is 12.5. The van der Waals surface area contributed by atoms with E-state index in [0.717, 1.165) is 17.0 Å². The van der Waals surface area contributed by atoms with E-state index in [1.165, 1.54) is 5.57 Å². The molecule has 2 rings (SSSR count). The van der Waals surface area contributed by atoms with Crippen LogP contribution in [0.5, 0.6) is 0 Å². The monoisotopic (exact) mass is 247 g/mol. The van der Waals surface area contributed by atoms with E-state index < -0.39 is 0 Å². The minimum absolute atomic E-state index is 0.386. The summed E-state index contributed by atoms with van der Waals surface area (Å²) in [6.07, 6.45) is 7.33. The highest BCUT2D eigenvalue weighted by molar-refractivity contribution is 6.30. The van der Waals surface area contributed by atoms with Gasteiger partial charge in [0.05, 0.1) is 5.54 Å². The van der Waals surface area contributed by atoms with Crippen LogP contribution in [0.25, 0.3) is 0 Å². The van der Waals surface area contributed by atoms with Crippen LogP contribution in [0.3, 0.4) is 0 Å². The number of rotatable bonds is 2. The van der Waals surface area contributed by atoms with Crippen molar-refractivity contribution in [2.75, 3.05) is 0 Å². The maximum Gasteiger partial charge on any atom is 0.0633 e. The van der Waals surface area contributed by atoms with Crippen LogP contribution in [-0.2, 0) is 5.54 Å². The summed E-state index contributed by atoms with van der Waals surface area (Å²) in [4.78, 5) is 0. The van der Waals surface area contributed by atoms with Gasteiger partial charge in [-0.3, -0.25) is 0 Å². The summed E-state index contributed by atoms with van der Waals surface area (Å²) in [5, 5.41) is 0.746. The van der Waals surface area contributed by atoms with Crippen molar-refractivity contribution in [3.63, 3.8) is 0 Å². The highest BCUT2D eigenvalue weighted by atomic mass is 35.5. The molecule has 1 aromatic rings. The summed E-state index contributed by atoms with van der Waals surface area (Å²) in [6, 6.07) is 7.78. The van der Waals surface area contributed by atoms with Gasteiger partial charge in [-0.15, -0.1) is 0 Å². The van der Waals surface area contributed by atoms with Crippen LogP contribution in [0.2, 0.25) is 5.02 Å². The zero-order valence-corrected chi connectivity index (χ0v) is 11.0. The average Bonchev–Trinajstić information content (AvgIpc) is 2.30. The van der Waals surface area contributed by atoms with Crippen LogP contribution in [0.4, 0.5) is 0 Å². The molecule has 0 saturated heterocycles. The molecule has 1 aliphatic carbocycles. The van der Waals surface area contributed by atoms with E-state index in [0.29, 0.717) is 5.92 Å². The molecule has 17 heavy (non-hydrogen) atoms. The van der Waals surface area contributed by atoms with Gasteiger partial charge in [0.25, 0.3) is 0 Å². The molecule has 2 N–H and O–H groups in total. The standard InChI is InChI=1S/C15H18ClN/c1-11(2)12-7-9-15(17,10-8-12)13-3-5-14(16)6-4-13/h3-9,11H,10,17H2,1-2H3. The van der Waals surface area contributed by atoms with Gasteiger partial charge >= 0.3 is 0 Å². The molecule has 90 valence electrons. The van der Waals surface area contributed by atoms with Gasteiger partial charge < -0.3 is 5.73 Å². The van der Waals surface area contributed by atoms with Gasteiger partial charge in [0.2, 0.25) is 0 Å². The van der Waals surface area contributed by atoms with E-state index >= 15 is 0 Å². The minimum Gasteiger partial charge on any atom is -0.318 e. The second-order valence-electron chi connectivity index (χ2n) is 4.94. The Kier molecular flexibility index (Phi) is 3.41. The van der Waals surface area contributed by atoms with Crippen LogP contribution in [0.15, 0.2) is 48.1 Å². The lowest BCUT2D eigenvalue weighted by atomic mass is 9.81. The smallest absolute Gasteiger partial charge is 0.0633 e. The van der Waals surface area contributed by atoms with Gasteiger partial charge in [-0.25, -0.2) is 0 Å². The molecule has 0 fully saturated rings. The van der Waals surface area contributed by atoms with Crippen molar-refractivity contribution in [3.8, 4) is 0 Å². The molecule has 0 aliphatic heterocycles. The molecule has 0 amide bonds. The third kappa shape index (κ3) is 2.62. The van der Waals surface area contributed by atoms with Crippen molar-refractivity contribution >= 4 is 11.6 Å². The van der Waals surface area contributed by atoms with Crippen molar-refractivity contribution in [3.05, 3.63) is 58.7 Å². The van der Waals surface area contributed by atoms with Gasteiger partial charge in [-0.1, -0.05) is 55.8 Å². The van der Waals surface area contributed by atoms with Crippen LogP contribution in [0.1, 0.15) is 25.8 Å². The van der Waals surface area contributed by atoms with Crippen LogP contribution < -0.4 is 5.73 Å². The topological polar surface area (TPSA) is 26.0 Å². The lowest BCUT2D eigenvalue weighted by Crippen LogP contribution is -2.35. The normalized spacial score (nSPS) is 23.9. The maximum atomic E-state index is 6.42. The van der Waals surface area contributed by atoms with E-state index in [-0.39, 0.29) is 5.54 Å². The Morgan fingerprint density at radius 3 is 2.35 bits per heavy atom. The molecule has 1 nitrogen and oxygen atoms in total. The summed E-state index contributed by atoms with van der Waals surface area (Å²) in [6.45, 7) is 4.39. The van der Waals surface area contributed by atoms with E-state index in [4.69, 9.17) is 17.3 Å². The Bertz CT molecular complexity index is 456. The van der Waals surface area contributed by atoms with Gasteiger partial charge in [-0.2, -0.15) is 0 Å². The SMILES string of the molecule is CC(C)C1=CCC(N)(c2ccc(Cl)cc2)C=C1. The second-order valence-corrected chi connectivity index (χ2v) is 5.38. The largest absolute Gasteiger partial charge is 0.318 e. The first kappa shape index (κ1) is 12.4. The molecule has 2 heteroatoms. The van der Waals surface area contributed by atoms with Crippen LogP contribution in [0, 0.1) is 5.92 Å². The van der Waals surface area contributed by atoms with Gasteiger partial charge in [0.15, 0.2) is 0 Å². The summed E-state index contributed by atoms with van der Waals surface area (Å²) in [7, 11) is 0. The number of hydrogen-bond acceptors (Lipinski definition) is 1. The first-order chi connectivity index (χ1) is 8.01. The first-order valence-electron chi connectivity index (χ1n) is 5.95. The molecular formula is C15H18ClN. The summed E-state index contributed by atoms with van der Waals surface area (Å²) < 4.78 is 0. The maximum absolute atomic E-state index is 6.42. The fraction of sp³-hybridized carbons (Fsp3) is 0.333. The number of nitrogens with two attached hydrogens (primary N) is 1. The fourth-order valence-corrected chi connectivity index (χ4v) is 2.20. The highest BCUT2D eigenvalue weighted by Gasteiger charge is 2.25. The van der Waals surface area contributed by atoms with Gasteiger partial charge in [0, 0.05) is 5.02 Å². The Morgan fingerprint density at radius 2 is 1.88 bits per heavy atom. The molecule has 0 bridgehead atoms. The van der Waals surface area contributed by atoms with Gasteiger partial charge in [-0.05, 0) is 35.6 Å². The van der Waals surface area contributed by atoms with E-state index in [1.807, 2.05) is 24.3 Å². The lowest BCUT2D eigenvalue weighted by molar-refractivity contribution is 0.555. The average molecular weight is 248 g/mol. The number of allylic oxidation sites excluding steroid dienone is 2. The van der Waals surface area contributed by atoms with Crippen molar-refractivity contribution < 1.29 is 0 Å². The molecule has 0 heterocycles. The molecule has 1 unspecified atom stereocenters. The quantitative estimate of drug-likeness (QED) is 0.839. The third-order valence-electron chi connectivity index (χ3n) is 3.30. The lowest BCUT2D eigenvalue weighted by Gasteiger charge is -2.29. The Labute approximate surface area is 108 Å². The zero-order valence-electron chi connectivity index (χ0n) is 10.3. The van der Waals surface area contributed by atoms with Crippen LogP contribution >= 0.6 is 11.6 Å². The molecule has 1 aromatic carbocycles. The second kappa shape index (κ2) is 4.67. The Hall–Kier alpha value is -1.05. The summed E-state index contributed by atoms with van der Waals surface area (Å²) in [5.74, 6) is 0.556. The predicted molar refractivity (Wildman–Crippen MR) is 74.0 cm³/mol. The molecule has 1 atom stereocenters. The fourth-order valence-electron chi connectivity index (χ4n) is 2.07. The van der Waals surface area contributed by atoms with Crippen molar-refractivity contribution in [2.24, 2.45) is 11.7 Å². The molecular weight excluding hydrogens is 230 g/mol. The van der Waals surface area contributed by atoms with Crippen molar-refractivity contribution in [2.45, 2.75) is 25.8 Å². The molecule has 0 radical (unpaired) electrons. The molecule has 0 saturated carbocycles. The first-order valence-corrected chi connectivity index (χ1v) is 6.33. The Balaban J connectivity index is 2.24. The summed E-state index contributed by atoms with van der Waals surface area (Å²) >= 11 is 5.89. The van der Waals surface area contributed by atoms with Crippen molar-refractivity contribution in [1.29, 1.82) is 0 Å². The minimum atomic E-state index is -0.386. The molecule has 0 aromatic heterocycles. The summed E-state index contributed by atoms with van der Waals surface area (Å²) in [5.41, 5.74) is 8.50. The molecule has 1 aliphatic rings. The van der Waals surface area contributed by atoms with E-state index in [9.17, 15) is 0 Å². The highest BCUT2D eigenvalue weighted by Crippen LogP contribution is 2.31. The predicted octanol–water partition coefficient (Wildman–Crippen LogP) is 4.04. The number of benzene rings is 1. The van der Waals surface area contributed by atoms with E-state index in [1.54, 1.807) is 0 Å². The van der Waals surface area contributed by atoms with Crippen molar-refractivity contribution in [1.82, 2.24) is 0 Å². The van der Waals surface area contributed by atoms with Gasteiger partial charge in [0.1, 0.15) is 0 Å². The number of halogens is 1. The van der Waals surface area contributed by atoms with Crippen LogP contribution in [-0.4, -0.2) is 0 Å².